The number of carbonyl (C=O) groups excluding carboxylic acids is 2. The van der Waals surface area contributed by atoms with Gasteiger partial charge in [0.1, 0.15) is 23.0 Å². The van der Waals surface area contributed by atoms with Crippen molar-refractivity contribution < 1.29 is 23.5 Å². The second-order valence-electron chi connectivity index (χ2n) is 7.26. The Morgan fingerprint density at radius 3 is 2.38 bits per heavy atom. The van der Waals surface area contributed by atoms with E-state index in [0.29, 0.717) is 27.9 Å². The standard InChI is InChI=1S/C26H21FN2O4S/c1-32-21-12-6-17(7-13-21)14-23-25(31)29(20-4-3-5-22(15-20)33-2)26(28-23)34-16-24(30)18-8-10-19(27)11-9-18/h3-15H,16H2,1-2H3/b23-14-. The molecular formula is C26H21FN2O4S. The van der Waals surface area contributed by atoms with Gasteiger partial charge in [-0.3, -0.25) is 14.5 Å². The van der Waals surface area contributed by atoms with Gasteiger partial charge >= 0.3 is 0 Å². The molecule has 3 aromatic rings. The van der Waals surface area contributed by atoms with Crippen LogP contribution in [0.5, 0.6) is 11.5 Å². The summed E-state index contributed by atoms with van der Waals surface area (Å²) < 4.78 is 23.7. The second-order valence-corrected chi connectivity index (χ2v) is 8.20. The minimum Gasteiger partial charge on any atom is -0.497 e. The van der Waals surface area contributed by atoms with Crippen molar-refractivity contribution in [3.8, 4) is 11.5 Å². The average Bonchev–Trinajstić information content (AvgIpc) is 3.18. The molecule has 0 spiro atoms. The van der Waals surface area contributed by atoms with Gasteiger partial charge in [0, 0.05) is 11.6 Å². The predicted octanol–water partition coefficient (Wildman–Crippen LogP) is 5.20. The number of rotatable bonds is 7. The summed E-state index contributed by atoms with van der Waals surface area (Å²) in [5.41, 5.74) is 1.99. The van der Waals surface area contributed by atoms with Crippen molar-refractivity contribution in [1.82, 2.24) is 0 Å². The van der Waals surface area contributed by atoms with Crippen LogP contribution in [0.15, 0.2) is 83.5 Å². The third-order valence-corrected chi connectivity index (χ3v) is 6.00. The van der Waals surface area contributed by atoms with Crippen molar-refractivity contribution in [2.45, 2.75) is 0 Å². The van der Waals surface area contributed by atoms with E-state index in [4.69, 9.17) is 9.47 Å². The van der Waals surface area contributed by atoms with Crippen molar-refractivity contribution in [3.05, 3.63) is 95.4 Å². The summed E-state index contributed by atoms with van der Waals surface area (Å²) in [7, 11) is 3.13. The number of hydrogen-bond donors (Lipinski definition) is 0. The first-order valence-electron chi connectivity index (χ1n) is 10.3. The Bertz CT molecular complexity index is 1270. The molecule has 0 N–H and O–H groups in total. The number of amides is 1. The Labute approximate surface area is 200 Å². The summed E-state index contributed by atoms with van der Waals surface area (Å²) in [5.74, 6) is 0.404. The van der Waals surface area contributed by atoms with Crippen LogP contribution in [0.2, 0.25) is 0 Å². The van der Waals surface area contributed by atoms with Crippen molar-refractivity contribution in [1.29, 1.82) is 0 Å². The van der Waals surface area contributed by atoms with E-state index in [1.54, 1.807) is 56.7 Å². The van der Waals surface area contributed by atoms with Crippen molar-refractivity contribution in [2.75, 3.05) is 24.9 Å². The summed E-state index contributed by atoms with van der Waals surface area (Å²) >= 11 is 1.14. The zero-order chi connectivity index (χ0) is 24.1. The Kier molecular flexibility index (Phi) is 7.08. The summed E-state index contributed by atoms with van der Waals surface area (Å²) in [4.78, 5) is 31.9. The van der Waals surface area contributed by atoms with Crippen LogP contribution >= 0.6 is 11.8 Å². The molecule has 172 valence electrons. The maximum Gasteiger partial charge on any atom is 0.283 e. The van der Waals surface area contributed by atoms with E-state index in [1.807, 2.05) is 12.1 Å². The van der Waals surface area contributed by atoms with Gasteiger partial charge in [0.2, 0.25) is 0 Å². The fourth-order valence-electron chi connectivity index (χ4n) is 3.28. The maximum absolute atomic E-state index is 13.3. The number of halogens is 1. The third kappa shape index (κ3) is 5.18. The second kappa shape index (κ2) is 10.4. The van der Waals surface area contributed by atoms with Gasteiger partial charge in [-0.1, -0.05) is 30.0 Å². The fraction of sp³-hybridized carbons (Fsp3) is 0.115. The number of ketones is 1. The molecule has 0 aliphatic carbocycles. The van der Waals surface area contributed by atoms with Crippen molar-refractivity contribution in [3.63, 3.8) is 0 Å². The highest BCUT2D eigenvalue weighted by atomic mass is 32.2. The van der Waals surface area contributed by atoms with E-state index < -0.39 is 5.82 Å². The number of methoxy groups -OCH3 is 2. The Hall–Kier alpha value is -3.91. The van der Waals surface area contributed by atoms with Crippen LogP contribution in [0.3, 0.4) is 0 Å². The molecule has 6 nitrogen and oxygen atoms in total. The quantitative estimate of drug-likeness (QED) is 0.346. The smallest absolute Gasteiger partial charge is 0.283 e. The maximum atomic E-state index is 13.3. The molecule has 0 aromatic heterocycles. The normalized spacial score (nSPS) is 14.3. The van der Waals surface area contributed by atoms with Gasteiger partial charge in [0.25, 0.3) is 5.91 Å². The molecule has 0 saturated carbocycles. The van der Waals surface area contributed by atoms with Gasteiger partial charge in [0.05, 0.1) is 25.7 Å². The zero-order valence-electron chi connectivity index (χ0n) is 18.5. The van der Waals surface area contributed by atoms with Crippen molar-refractivity contribution in [2.24, 2.45) is 4.99 Å². The number of hydrogen-bond acceptors (Lipinski definition) is 6. The number of anilines is 1. The summed E-state index contributed by atoms with van der Waals surface area (Å²) in [6.07, 6.45) is 1.68. The van der Waals surface area contributed by atoms with E-state index in [0.717, 1.165) is 17.3 Å². The average molecular weight is 477 g/mol. The molecule has 0 radical (unpaired) electrons. The van der Waals surface area contributed by atoms with Crippen LogP contribution in [0.1, 0.15) is 15.9 Å². The molecule has 0 atom stereocenters. The topological polar surface area (TPSA) is 68.2 Å². The molecule has 4 rings (SSSR count). The van der Waals surface area contributed by atoms with Gasteiger partial charge in [-0.15, -0.1) is 0 Å². The highest BCUT2D eigenvalue weighted by Gasteiger charge is 2.32. The number of aliphatic imine (C=N–C) groups is 1. The molecule has 34 heavy (non-hydrogen) atoms. The molecule has 0 bridgehead atoms. The van der Waals surface area contributed by atoms with Crippen molar-refractivity contribution >= 4 is 40.4 Å². The van der Waals surface area contributed by atoms with Crippen LogP contribution in [0, 0.1) is 5.82 Å². The van der Waals surface area contributed by atoms with Gasteiger partial charge < -0.3 is 9.47 Å². The zero-order valence-corrected chi connectivity index (χ0v) is 19.3. The minimum atomic E-state index is -0.410. The first kappa shape index (κ1) is 23.3. The first-order chi connectivity index (χ1) is 16.5. The molecule has 8 heteroatoms. The third-order valence-electron chi connectivity index (χ3n) is 5.06. The lowest BCUT2D eigenvalue weighted by Crippen LogP contribution is -2.30. The summed E-state index contributed by atoms with van der Waals surface area (Å²) in [6, 6.07) is 19.7. The Morgan fingerprint density at radius 2 is 1.71 bits per heavy atom. The van der Waals surface area contributed by atoms with Gasteiger partial charge in [0.15, 0.2) is 11.0 Å². The lowest BCUT2D eigenvalue weighted by atomic mass is 10.1. The number of ether oxygens (including phenoxy) is 2. The predicted molar refractivity (Wildman–Crippen MR) is 132 cm³/mol. The number of Topliss-reactive ketones (excluding diaryl/α,β-unsaturated/α-hetero) is 1. The number of carbonyl (C=O) groups is 2. The van der Waals surface area contributed by atoms with E-state index in [-0.39, 0.29) is 23.1 Å². The Balaban J connectivity index is 1.63. The van der Waals surface area contributed by atoms with Crippen LogP contribution in [0.4, 0.5) is 10.1 Å². The molecule has 1 aliphatic rings. The van der Waals surface area contributed by atoms with Gasteiger partial charge in [-0.2, -0.15) is 0 Å². The lowest BCUT2D eigenvalue weighted by Gasteiger charge is -2.18. The largest absolute Gasteiger partial charge is 0.497 e. The fourth-order valence-corrected chi connectivity index (χ4v) is 4.18. The Morgan fingerprint density at radius 1 is 1.00 bits per heavy atom. The van der Waals surface area contributed by atoms with Crippen LogP contribution in [-0.4, -0.2) is 36.8 Å². The minimum absolute atomic E-state index is 0.0357. The first-order valence-corrected chi connectivity index (χ1v) is 11.3. The number of amidine groups is 1. The number of benzene rings is 3. The summed E-state index contributed by atoms with van der Waals surface area (Å²) in [5, 5.41) is 0.369. The van der Waals surface area contributed by atoms with Gasteiger partial charge in [-0.25, -0.2) is 9.38 Å². The SMILES string of the molecule is COc1ccc(/C=C2\N=C(SCC(=O)c3ccc(F)cc3)N(c3cccc(OC)c3)C2=O)cc1. The van der Waals surface area contributed by atoms with Crippen LogP contribution in [0.25, 0.3) is 6.08 Å². The monoisotopic (exact) mass is 476 g/mol. The molecule has 3 aromatic carbocycles. The summed E-state index contributed by atoms with van der Waals surface area (Å²) in [6.45, 7) is 0. The highest BCUT2D eigenvalue weighted by molar-refractivity contribution is 8.14. The number of thioether (sulfide) groups is 1. The van der Waals surface area contributed by atoms with E-state index in [1.165, 1.54) is 29.2 Å². The highest BCUT2D eigenvalue weighted by Crippen LogP contribution is 2.31. The van der Waals surface area contributed by atoms with E-state index >= 15 is 0 Å². The molecule has 0 saturated heterocycles. The van der Waals surface area contributed by atoms with Crippen LogP contribution < -0.4 is 14.4 Å². The molecular weight excluding hydrogens is 455 g/mol. The molecule has 1 heterocycles. The van der Waals surface area contributed by atoms with E-state index in [2.05, 4.69) is 4.99 Å². The molecule has 0 fully saturated rings. The van der Waals surface area contributed by atoms with Crippen LogP contribution in [-0.2, 0) is 4.79 Å². The van der Waals surface area contributed by atoms with E-state index in [9.17, 15) is 14.0 Å². The molecule has 1 amide bonds. The lowest BCUT2D eigenvalue weighted by molar-refractivity contribution is -0.113. The molecule has 0 unspecified atom stereocenters. The van der Waals surface area contributed by atoms with Gasteiger partial charge in [-0.05, 0) is 60.2 Å². The molecule has 1 aliphatic heterocycles. The number of nitrogens with zero attached hydrogens (tertiary/aromatic N) is 2.